The van der Waals surface area contributed by atoms with Crippen LogP contribution in [-0.2, 0) is 16.3 Å². The van der Waals surface area contributed by atoms with Crippen molar-refractivity contribution in [2.45, 2.75) is 6.42 Å². The summed E-state index contributed by atoms with van der Waals surface area (Å²) in [4.78, 5) is 6.36. The summed E-state index contributed by atoms with van der Waals surface area (Å²) in [6.07, 6.45) is 0.891. The van der Waals surface area contributed by atoms with E-state index < -0.39 is 9.84 Å². The third-order valence-electron chi connectivity index (χ3n) is 4.00. The normalized spacial score (nSPS) is 18.3. The molecule has 1 aromatic carbocycles. The van der Waals surface area contributed by atoms with Crippen LogP contribution in [0.2, 0.25) is 5.02 Å². The Balaban J connectivity index is 1.63. The smallest absolute Gasteiger partial charge is 0.191 e. The van der Waals surface area contributed by atoms with Crippen molar-refractivity contribution in [3.05, 3.63) is 34.9 Å². The van der Waals surface area contributed by atoms with Crippen LogP contribution in [0, 0.1) is 0 Å². The first-order chi connectivity index (χ1) is 11.5. The number of guanidine groups is 1. The van der Waals surface area contributed by atoms with Crippen molar-refractivity contribution in [1.82, 2.24) is 15.5 Å². The van der Waals surface area contributed by atoms with Gasteiger partial charge in [-0.3, -0.25) is 9.89 Å². The molecule has 0 unspecified atom stereocenters. The second-order valence-electron chi connectivity index (χ2n) is 5.80. The number of halogens is 1. The number of nitrogens with zero attached hydrogens (tertiary/aromatic N) is 2. The molecule has 0 spiro atoms. The van der Waals surface area contributed by atoms with Gasteiger partial charge < -0.3 is 10.6 Å². The average molecular weight is 373 g/mol. The van der Waals surface area contributed by atoms with Crippen LogP contribution in [0.1, 0.15) is 5.56 Å². The van der Waals surface area contributed by atoms with E-state index in [1.807, 2.05) is 24.3 Å². The summed E-state index contributed by atoms with van der Waals surface area (Å²) in [6.45, 7) is 3.57. The Kier molecular flexibility index (Phi) is 7.33. The van der Waals surface area contributed by atoms with E-state index in [1.165, 1.54) is 5.56 Å². The zero-order valence-electron chi connectivity index (χ0n) is 14.0. The third-order valence-corrected chi connectivity index (χ3v) is 5.86. The Labute approximate surface area is 149 Å². The molecule has 0 aromatic heterocycles. The van der Waals surface area contributed by atoms with Gasteiger partial charge in [-0.1, -0.05) is 23.7 Å². The lowest BCUT2D eigenvalue weighted by Gasteiger charge is -2.26. The van der Waals surface area contributed by atoms with Crippen LogP contribution in [0.25, 0.3) is 0 Å². The number of benzene rings is 1. The molecule has 2 rings (SSSR count). The molecule has 8 heteroatoms. The lowest BCUT2D eigenvalue weighted by molar-refractivity contribution is 0.299. The molecule has 1 aliphatic heterocycles. The van der Waals surface area contributed by atoms with Gasteiger partial charge in [0.15, 0.2) is 15.8 Å². The zero-order valence-corrected chi connectivity index (χ0v) is 15.5. The van der Waals surface area contributed by atoms with E-state index in [0.717, 1.165) is 37.0 Å². The van der Waals surface area contributed by atoms with Gasteiger partial charge in [0.1, 0.15) is 0 Å². The van der Waals surface area contributed by atoms with E-state index in [0.29, 0.717) is 13.1 Å². The second-order valence-corrected chi connectivity index (χ2v) is 8.54. The SMILES string of the molecule is CN=C(NCCc1ccc(Cl)cc1)NCCN1CCS(=O)(=O)CC1. The first-order valence-electron chi connectivity index (χ1n) is 8.10. The van der Waals surface area contributed by atoms with Crippen LogP contribution in [0.3, 0.4) is 0 Å². The molecular formula is C16H25ClN4O2S. The quantitative estimate of drug-likeness (QED) is 0.570. The Morgan fingerprint density at radius 3 is 2.42 bits per heavy atom. The summed E-state index contributed by atoms with van der Waals surface area (Å²) >= 11 is 5.87. The van der Waals surface area contributed by atoms with Crippen molar-refractivity contribution in [2.75, 3.05) is 51.3 Å². The molecule has 1 aromatic rings. The van der Waals surface area contributed by atoms with E-state index in [1.54, 1.807) is 7.05 Å². The maximum absolute atomic E-state index is 11.4. The van der Waals surface area contributed by atoms with Gasteiger partial charge in [0.25, 0.3) is 0 Å². The maximum Gasteiger partial charge on any atom is 0.191 e. The first kappa shape index (κ1) is 19.0. The van der Waals surface area contributed by atoms with Gasteiger partial charge in [0.2, 0.25) is 0 Å². The van der Waals surface area contributed by atoms with Crippen molar-refractivity contribution in [2.24, 2.45) is 4.99 Å². The molecule has 1 aliphatic rings. The number of hydrogen-bond acceptors (Lipinski definition) is 4. The second kappa shape index (κ2) is 9.25. The monoisotopic (exact) mass is 372 g/mol. The zero-order chi connectivity index (χ0) is 17.4. The number of sulfone groups is 1. The Morgan fingerprint density at radius 1 is 1.17 bits per heavy atom. The summed E-state index contributed by atoms with van der Waals surface area (Å²) in [5.74, 6) is 1.29. The minimum absolute atomic E-state index is 0.265. The number of aliphatic imine (C=N–C) groups is 1. The molecule has 0 amide bonds. The van der Waals surface area contributed by atoms with Crippen LogP contribution in [-0.4, -0.2) is 70.6 Å². The highest BCUT2D eigenvalue weighted by Gasteiger charge is 2.20. The van der Waals surface area contributed by atoms with E-state index in [9.17, 15) is 8.42 Å². The Hall–Kier alpha value is -1.31. The largest absolute Gasteiger partial charge is 0.356 e. The molecule has 24 heavy (non-hydrogen) atoms. The highest BCUT2D eigenvalue weighted by atomic mass is 35.5. The molecule has 0 bridgehead atoms. The van der Waals surface area contributed by atoms with Gasteiger partial charge in [0.05, 0.1) is 11.5 Å². The third kappa shape index (κ3) is 6.67. The van der Waals surface area contributed by atoms with Crippen molar-refractivity contribution in [3.8, 4) is 0 Å². The summed E-state index contributed by atoms with van der Waals surface area (Å²) < 4.78 is 22.8. The van der Waals surface area contributed by atoms with Crippen molar-refractivity contribution < 1.29 is 8.42 Å². The highest BCUT2D eigenvalue weighted by molar-refractivity contribution is 7.91. The van der Waals surface area contributed by atoms with Gasteiger partial charge in [-0.25, -0.2) is 8.42 Å². The standard InChI is InChI=1S/C16H25ClN4O2S/c1-18-16(19-7-6-14-2-4-15(17)5-3-14)20-8-9-21-10-12-24(22,23)13-11-21/h2-5H,6-13H2,1H3,(H2,18,19,20). The number of hydrogen-bond donors (Lipinski definition) is 2. The fourth-order valence-corrected chi connectivity index (χ4v) is 3.91. The van der Waals surface area contributed by atoms with Crippen LogP contribution < -0.4 is 10.6 Å². The molecule has 0 atom stereocenters. The predicted molar refractivity (Wildman–Crippen MR) is 99.6 cm³/mol. The van der Waals surface area contributed by atoms with Gasteiger partial charge in [-0.15, -0.1) is 0 Å². The van der Waals surface area contributed by atoms with Gasteiger partial charge >= 0.3 is 0 Å². The summed E-state index contributed by atoms with van der Waals surface area (Å²) in [5, 5.41) is 7.28. The highest BCUT2D eigenvalue weighted by Crippen LogP contribution is 2.09. The minimum Gasteiger partial charge on any atom is -0.356 e. The molecule has 1 saturated heterocycles. The molecule has 134 valence electrons. The molecule has 0 saturated carbocycles. The number of nitrogens with one attached hydrogen (secondary N) is 2. The molecule has 1 fully saturated rings. The summed E-state index contributed by atoms with van der Waals surface area (Å²) in [5.41, 5.74) is 1.22. The van der Waals surface area contributed by atoms with Crippen LogP contribution in [0.15, 0.2) is 29.3 Å². The van der Waals surface area contributed by atoms with Gasteiger partial charge in [-0.05, 0) is 24.1 Å². The predicted octanol–water partition coefficient (Wildman–Crippen LogP) is 0.778. The maximum atomic E-state index is 11.4. The van der Waals surface area contributed by atoms with Crippen LogP contribution in [0.4, 0.5) is 0 Å². The topological polar surface area (TPSA) is 73.8 Å². The van der Waals surface area contributed by atoms with Crippen molar-refractivity contribution in [3.63, 3.8) is 0 Å². The number of rotatable bonds is 6. The van der Waals surface area contributed by atoms with Crippen LogP contribution in [0.5, 0.6) is 0 Å². The Morgan fingerprint density at radius 2 is 1.79 bits per heavy atom. The lowest BCUT2D eigenvalue weighted by atomic mass is 10.1. The van der Waals surface area contributed by atoms with Gasteiger partial charge in [-0.2, -0.15) is 0 Å². The average Bonchev–Trinajstić information content (AvgIpc) is 2.56. The fraction of sp³-hybridized carbons (Fsp3) is 0.562. The van der Waals surface area contributed by atoms with Crippen LogP contribution >= 0.6 is 11.6 Å². The Bertz CT molecular complexity index is 633. The van der Waals surface area contributed by atoms with E-state index in [2.05, 4.69) is 20.5 Å². The van der Waals surface area contributed by atoms with E-state index >= 15 is 0 Å². The first-order valence-corrected chi connectivity index (χ1v) is 10.3. The van der Waals surface area contributed by atoms with E-state index in [-0.39, 0.29) is 11.5 Å². The molecule has 6 nitrogen and oxygen atoms in total. The fourth-order valence-electron chi connectivity index (χ4n) is 2.50. The molecular weight excluding hydrogens is 348 g/mol. The molecule has 0 aliphatic carbocycles. The van der Waals surface area contributed by atoms with Crippen molar-refractivity contribution in [1.29, 1.82) is 0 Å². The summed E-state index contributed by atoms with van der Waals surface area (Å²) in [7, 11) is -1.07. The molecule has 2 N–H and O–H groups in total. The molecule has 1 heterocycles. The van der Waals surface area contributed by atoms with Gasteiger partial charge in [0, 0.05) is 44.8 Å². The van der Waals surface area contributed by atoms with Crippen molar-refractivity contribution >= 4 is 27.4 Å². The summed E-state index contributed by atoms with van der Waals surface area (Å²) in [6, 6.07) is 7.82. The van der Waals surface area contributed by atoms with E-state index in [4.69, 9.17) is 11.6 Å². The molecule has 0 radical (unpaired) electrons. The lowest BCUT2D eigenvalue weighted by Crippen LogP contribution is -2.46. The minimum atomic E-state index is -2.81.